The largest absolute Gasteiger partial charge is 0.305 e. The van der Waals surface area contributed by atoms with Gasteiger partial charge < -0.3 is 9.97 Å². The van der Waals surface area contributed by atoms with Crippen molar-refractivity contribution in [2.45, 2.75) is 6.92 Å². The molecule has 3 heterocycles. The first kappa shape index (κ1) is 23.2. The summed E-state index contributed by atoms with van der Waals surface area (Å²) in [5, 5.41) is 0. The summed E-state index contributed by atoms with van der Waals surface area (Å²) in [7, 11) is 0. The molecule has 0 saturated heterocycles. The molecule has 0 N–H and O–H groups in total. The maximum Gasteiger partial charge on any atom is 0.0695 e. The average molecular weight is 592 g/mol. The molecule has 0 saturated carbocycles. The van der Waals surface area contributed by atoms with Crippen LogP contribution in [0.25, 0.3) is 33.8 Å². The number of rotatable bonds is 3. The van der Waals surface area contributed by atoms with Gasteiger partial charge in [-0.15, -0.1) is 71.8 Å². The fraction of sp³-hybridized carbons (Fsp3) is 0.0357. The molecular formula is C28H21IrN3-2. The van der Waals surface area contributed by atoms with Gasteiger partial charge in [0.2, 0.25) is 0 Å². The number of nitrogens with zero attached hydrogens (tertiary/aromatic N) is 3. The van der Waals surface area contributed by atoms with Crippen LogP contribution in [0.1, 0.15) is 5.69 Å². The van der Waals surface area contributed by atoms with Crippen molar-refractivity contribution in [2.24, 2.45) is 0 Å². The van der Waals surface area contributed by atoms with Crippen LogP contribution in [-0.4, -0.2) is 15.0 Å². The second-order valence-electron chi connectivity index (χ2n) is 6.86. The summed E-state index contributed by atoms with van der Waals surface area (Å²) >= 11 is 0. The molecule has 0 unspecified atom stereocenters. The number of hydrogen-bond acceptors (Lipinski definition) is 3. The Morgan fingerprint density at radius 2 is 1.25 bits per heavy atom. The molecule has 2 aromatic carbocycles. The number of aromatic nitrogens is 3. The standard InChI is InChI=1S/C16H11N2.C12H10N.Ir/c1-2-6-13(7-3-1)16-12-14(9-11-18-16)15-8-4-5-10-17-15;1-10-6-5-9-12(13-10)11-7-3-2-4-8-11;/h1-6,8-12H;2-7,9H,1H3;/q2*-1;. The van der Waals surface area contributed by atoms with Gasteiger partial charge in [-0.05, 0) is 48.1 Å². The maximum atomic E-state index is 4.41. The molecule has 0 fully saturated rings. The fourth-order valence-corrected chi connectivity index (χ4v) is 3.07. The summed E-state index contributed by atoms with van der Waals surface area (Å²) in [4.78, 5) is 13.1. The van der Waals surface area contributed by atoms with Gasteiger partial charge in [-0.25, -0.2) is 0 Å². The Balaban J connectivity index is 0.000000184. The van der Waals surface area contributed by atoms with Gasteiger partial charge in [-0.3, -0.25) is 4.98 Å². The second kappa shape index (κ2) is 11.8. The smallest absolute Gasteiger partial charge is 0.0695 e. The third kappa shape index (κ3) is 6.27. The van der Waals surface area contributed by atoms with E-state index in [1.807, 2.05) is 104 Å². The van der Waals surface area contributed by atoms with Gasteiger partial charge in [-0.1, -0.05) is 24.3 Å². The van der Waals surface area contributed by atoms with Crippen LogP contribution in [0.3, 0.4) is 0 Å². The Morgan fingerprint density at radius 3 is 1.88 bits per heavy atom. The first-order valence-corrected chi connectivity index (χ1v) is 10.0. The van der Waals surface area contributed by atoms with Crippen molar-refractivity contribution in [1.82, 2.24) is 15.0 Å². The van der Waals surface area contributed by atoms with Crippen LogP contribution in [-0.2, 0) is 20.1 Å². The molecule has 159 valence electrons. The monoisotopic (exact) mass is 592 g/mol. The van der Waals surface area contributed by atoms with E-state index in [0.29, 0.717) is 0 Å². The molecule has 5 aromatic rings. The molecule has 3 aromatic heterocycles. The number of hydrogen-bond donors (Lipinski definition) is 0. The van der Waals surface area contributed by atoms with E-state index in [0.717, 1.165) is 39.5 Å². The van der Waals surface area contributed by atoms with Crippen LogP contribution in [0.2, 0.25) is 0 Å². The maximum absolute atomic E-state index is 4.41. The zero-order valence-electron chi connectivity index (χ0n) is 17.6. The van der Waals surface area contributed by atoms with Gasteiger partial charge in [-0.2, -0.15) is 0 Å². The average Bonchev–Trinajstić information content (AvgIpc) is 2.86. The molecule has 4 heteroatoms. The van der Waals surface area contributed by atoms with Gasteiger partial charge in [0.15, 0.2) is 0 Å². The van der Waals surface area contributed by atoms with E-state index in [9.17, 15) is 0 Å². The second-order valence-corrected chi connectivity index (χ2v) is 6.86. The van der Waals surface area contributed by atoms with E-state index in [1.54, 1.807) is 12.4 Å². The Bertz CT molecular complexity index is 1170. The first-order valence-electron chi connectivity index (χ1n) is 10.0. The first-order chi connectivity index (χ1) is 15.3. The van der Waals surface area contributed by atoms with E-state index in [2.05, 4.69) is 27.1 Å². The van der Waals surface area contributed by atoms with Gasteiger partial charge >= 0.3 is 0 Å². The van der Waals surface area contributed by atoms with Crippen molar-refractivity contribution >= 4 is 0 Å². The normalized spacial score (nSPS) is 9.78. The predicted octanol–water partition coefficient (Wildman–Crippen LogP) is 6.47. The topological polar surface area (TPSA) is 38.7 Å². The summed E-state index contributed by atoms with van der Waals surface area (Å²) < 4.78 is 0. The molecular weight excluding hydrogens is 571 g/mol. The van der Waals surface area contributed by atoms with Crippen LogP contribution in [0.4, 0.5) is 0 Å². The quantitative estimate of drug-likeness (QED) is 0.226. The number of aryl methyl sites for hydroxylation is 1. The predicted molar refractivity (Wildman–Crippen MR) is 125 cm³/mol. The van der Waals surface area contributed by atoms with Gasteiger partial charge in [0.05, 0.1) is 5.69 Å². The van der Waals surface area contributed by atoms with E-state index in [-0.39, 0.29) is 20.1 Å². The number of benzene rings is 2. The van der Waals surface area contributed by atoms with Gasteiger partial charge in [0.1, 0.15) is 0 Å². The SMILES string of the molecule is Cc1cccc(-c2[c-]cccc2)n1.[Ir].[c-]1ccccc1-c1cc(-c2ccccn2)ccn1. The molecule has 0 atom stereocenters. The molecule has 0 spiro atoms. The van der Waals surface area contributed by atoms with E-state index in [1.165, 1.54) is 0 Å². The summed E-state index contributed by atoms with van der Waals surface area (Å²) in [6.45, 7) is 1.99. The summed E-state index contributed by atoms with van der Waals surface area (Å²) in [5.41, 5.74) is 7.01. The van der Waals surface area contributed by atoms with Crippen molar-refractivity contribution in [1.29, 1.82) is 0 Å². The fourth-order valence-electron chi connectivity index (χ4n) is 3.07. The van der Waals surface area contributed by atoms with Crippen molar-refractivity contribution < 1.29 is 20.1 Å². The summed E-state index contributed by atoms with van der Waals surface area (Å²) in [6, 6.07) is 37.9. The molecule has 3 nitrogen and oxygen atoms in total. The van der Waals surface area contributed by atoms with Crippen molar-refractivity contribution in [2.75, 3.05) is 0 Å². The van der Waals surface area contributed by atoms with Crippen molar-refractivity contribution in [3.63, 3.8) is 0 Å². The molecule has 0 aliphatic carbocycles. The minimum Gasteiger partial charge on any atom is -0.305 e. The van der Waals surface area contributed by atoms with Crippen LogP contribution in [0, 0.1) is 19.1 Å². The molecule has 5 rings (SSSR count). The zero-order valence-corrected chi connectivity index (χ0v) is 20.0. The summed E-state index contributed by atoms with van der Waals surface area (Å²) in [6.07, 6.45) is 3.60. The van der Waals surface area contributed by atoms with Gasteiger partial charge in [0.25, 0.3) is 0 Å². The minimum atomic E-state index is 0. The molecule has 1 radical (unpaired) electrons. The van der Waals surface area contributed by atoms with Crippen LogP contribution < -0.4 is 0 Å². The molecule has 0 amide bonds. The van der Waals surface area contributed by atoms with Crippen molar-refractivity contribution in [3.05, 3.63) is 127 Å². The van der Waals surface area contributed by atoms with E-state index < -0.39 is 0 Å². The number of pyridine rings is 3. The Kier molecular flexibility index (Phi) is 8.56. The van der Waals surface area contributed by atoms with E-state index in [4.69, 9.17) is 0 Å². The summed E-state index contributed by atoms with van der Waals surface area (Å²) in [5.74, 6) is 0. The van der Waals surface area contributed by atoms with Crippen LogP contribution in [0.15, 0.2) is 109 Å². The van der Waals surface area contributed by atoms with Crippen molar-refractivity contribution in [3.8, 4) is 33.8 Å². The molecule has 0 aliphatic heterocycles. The van der Waals surface area contributed by atoms with E-state index >= 15 is 0 Å². The van der Waals surface area contributed by atoms with Crippen LogP contribution in [0.5, 0.6) is 0 Å². The zero-order chi connectivity index (χ0) is 21.3. The minimum absolute atomic E-state index is 0. The van der Waals surface area contributed by atoms with Crippen LogP contribution >= 0.6 is 0 Å². The third-order valence-electron chi connectivity index (χ3n) is 4.58. The molecule has 0 bridgehead atoms. The van der Waals surface area contributed by atoms with Gasteiger partial charge in [0, 0.05) is 38.2 Å². The molecule has 0 aliphatic rings. The Hall–Kier alpha value is -3.46. The Morgan fingerprint density at radius 1 is 0.594 bits per heavy atom. The third-order valence-corrected chi connectivity index (χ3v) is 4.58. The molecule has 32 heavy (non-hydrogen) atoms. The Labute approximate surface area is 202 Å².